The van der Waals surface area contributed by atoms with Gasteiger partial charge in [0.15, 0.2) is 17.4 Å². The van der Waals surface area contributed by atoms with Gasteiger partial charge in [0.05, 0.1) is 12.2 Å². The van der Waals surface area contributed by atoms with E-state index in [2.05, 4.69) is 15.6 Å². The highest BCUT2D eigenvalue weighted by atomic mass is 19.1. The number of hydrogen-bond acceptors (Lipinski definition) is 5. The number of carboxylic acid groups (broad SMARTS) is 1. The number of anilines is 3. The molecule has 4 N–H and O–H groups in total. The maximum Gasteiger partial charge on any atom is 0.409 e. The van der Waals surface area contributed by atoms with Gasteiger partial charge < -0.3 is 20.5 Å². The van der Waals surface area contributed by atoms with Gasteiger partial charge in [-0.25, -0.2) is 14.2 Å². The van der Waals surface area contributed by atoms with Crippen LogP contribution in [-0.2, 0) is 4.79 Å². The zero-order valence-electron chi connectivity index (χ0n) is 11.6. The number of benzene rings is 1. The van der Waals surface area contributed by atoms with Gasteiger partial charge in [-0.3, -0.25) is 10.1 Å². The fourth-order valence-corrected chi connectivity index (χ4v) is 2.03. The molecular weight excluding hydrogens is 307 g/mol. The van der Waals surface area contributed by atoms with Crippen LogP contribution in [0.2, 0.25) is 0 Å². The molecular formula is C14H11FN4O4. The number of aromatic nitrogens is 1. The average molecular weight is 318 g/mol. The highest BCUT2D eigenvalue weighted by molar-refractivity contribution is 6.01. The van der Waals surface area contributed by atoms with Crippen molar-refractivity contribution in [1.29, 1.82) is 0 Å². The molecule has 0 saturated heterocycles. The first-order valence-corrected chi connectivity index (χ1v) is 6.53. The number of amides is 2. The molecule has 3 rings (SSSR count). The summed E-state index contributed by atoms with van der Waals surface area (Å²) in [5, 5.41) is 16.0. The first-order chi connectivity index (χ1) is 11.0. The number of nitrogens with one attached hydrogen (secondary N) is 3. The molecule has 23 heavy (non-hydrogen) atoms. The monoisotopic (exact) mass is 318 g/mol. The summed E-state index contributed by atoms with van der Waals surface area (Å²) in [6, 6.07) is 5.20. The molecule has 0 unspecified atom stereocenters. The second kappa shape index (κ2) is 5.79. The summed E-state index contributed by atoms with van der Waals surface area (Å²) in [5.41, 5.74) is 0.175. The standard InChI is InChI=1S/C14H11FN4O4/c15-8-5-7(1-2-9(8)18-14(21)22)23-10-3-4-16-13-12(10)19-11(20)6-17-13/h1-5,18H,6H2,(H,16,17)(H,19,20)(H,21,22). The topological polar surface area (TPSA) is 113 Å². The van der Waals surface area contributed by atoms with Crippen molar-refractivity contribution >= 4 is 29.2 Å². The van der Waals surface area contributed by atoms with E-state index < -0.39 is 11.9 Å². The number of carbonyl (C=O) groups is 2. The third-order valence-electron chi connectivity index (χ3n) is 3.00. The van der Waals surface area contributed by atoms with Crippen molar-refractivity contribution in [2.75, 3.05) is 22.5 Å². The predicted octanol–water partition coefficient (Wildman–Crippen LogP) is 2.47. The van der Waals surface area contributed by atoms with Gasteiger partial charge in [-0.2, -0.15) is 0 Å². The highest BCUT2D eigenvalue weighted by Gasteiger charge is 2.20. The number of fused-ring (bicyclic) bond motifs is 1. The molecule has 1 aliphatic heterocycles. The molecule has 0 spiro atoms. The van der Waals surface area contributed by atoms with Crippen molar-refractivity contribution in [3.63, 3.8) is 0 Å². The van der Waals surface area contributed by atoms with Crippen LogP contribution in [0.4, 0.5) is 26.4 Å². The normalized spacial score (nSPS) is 12.7. The Morgan fingerprint density at radius 1 is 1.39 bits per heavy atom. The number of hydrogen-bond donors (Lipinski definition) is 4. The summed E-state index contributed by atoms with van der Waals surface area (Å²) in [4.78, 5) is 26.0. The van der Waals surface area contributed by atoms with Gasteiger partial charge in [-0.15, -0.1) is 0 Å². The molecule has 0 aliphatic carbocycles. The first kappa shape index (κ1) is 14.6. The zero-order valence-corrected chi connectivity index (χ0v) is 11.6. The molecule has 2 heterocycles. The van der Waals surface area contributed by atoms with Crippen LogP contribution in [0.15, 0.2) is 30.5 Å². The Hall–Kier alpha value is -3.36. The fourth-order valence-electron chi connectivity index (χ4n) is 2.03. The quantitative estimate of drug-likeness (QED) is 0.691. The maximum atomic E-state index is 13.8. The number of nitrogens with zero attached hydrogens (tertiary/aromatic N) is 1. The molecule has 0 radical (unpaired) electrons. The Kier molecular flexibility index (Phi) is 3.67. The summed E-state index contributed by atoms with van der Waals surface area (Å²) >= 11 is 0. The van der Waals surface area contributed by atoms with Crippen molar-refractivity contribution < 1.29 is 23.8 Å². The predicted molar refractivity (Wildman–Crippen MR) is 79.5 cm³/mol. The van der Waals surface area contributed by atoms with E-state index in [9.17, 15) is 14.0 Å². The van der Waals surface area contributed by atoms with Gasteiger partial charge in [0.25, 0.3) is 0 Å². The van der Waals surface area contributed by atoms with Crippen LogP contribution in [0.25, 0.3) is 0 Å². The zero-order chi connectivity index (χ0) is 16.4. The van der Waals surface area contributed by atoms with Crippen LogP contribution in [0, 0.1) is 5.82 Å². The summed E-state index contributed by atoms with van der Waals surface area (Å²) in [6.45, 7) is 0.105. The lowest BCUT2D eigenvalue weighted by atomic mass is 10.2. The second-order valence-electron chi connectivity index (χ2n) is 4.61. The molecule has 0 fully saturated rings. The lowest BCUT2D eigenvalue weighted by Gasteiger charge is -2.20. The summed E-state index contributed by atoms with van der Waals surface area (Å²) in [6.07, 6.45) is 0.115. The minimum Gasteiger partial charge on any atom is -0.465 e. The van der Waals surface area contributed by atoms with E-state index in [0.717, 1.165) is 6.07 Å². The Labute approximate surface area is 129 Å². The van der Waals surface area contributed by atoms with Crippen molar-refractivity contribution in [1.82, 2.24) is 4.98 Å². The fraction of sp³-hybridized carbons (Fsp3) is 0.0714. The van der Waals surface area contributed by atoms with Crippen LogP contribution < -0.4 is 20.7 Å². The third-order valence-corrected chi connectivity index (χ3v) is 3.00. The van der Waals surface area contributed by atoms with Gasteiger partial charge in [0.2, 0.25) is 5.91 Å². The molecule has 0 bridgehead atoms. The van der Waals surface area contributed by atoms with E-state index >= 15 is 0 Å². The highest BCUT2D eigenvalue weighted by Crippen LogP contribution is 2.36. The van der Waals surface area contributed by atoms with Crippen LogP contribution >= 0.6 is 0 Å². The van der Waals surface area contributed by atoms with E-state index in [0.29, 0.717) is 11.5 Å². The number of rotatable bonds is 3. The van der Waals surface area contributed by atoms with Crippen LogP contribution in [0.5, 0.6) is 11.5 Å². The Bertz CT molecular complexity index is 796. The lowest BCUT2D eigenvalue weighted by molar-refractivity contribution is -0.114. The number of halogens is 1. The summed E-state index contributed by atoms with van der Waals surface area (Å²) in [5.74, 6) is -0.148. The molecule has 0 saturated carbocycles. The smallest absolute Gasteiger partial charge is 0.409 e. The van der Waals surface area contributed by atoms with Gasteiger partial charge in [0.1, 0.15) is 11.4 Å². The summed E-state index contributed by atoms with van der Waals surface area (Å²) in [7, 11) is 0. The van der Waals surface area contributed by atoms with Crippen molar-refractivity contribution in [3.8, 4) is 11.5 Å². The van der Waals surface area contributed by atoms with Gasteiger partial charge in [-0.1, -0.05) is 0 Å². The minimum absolute atomic E-state index is 0.105. The number of pyridine rings is 1. The van der Waals surface area contributed by atoms with Crippen molar-refractivity contribution in [2.24, 2.45) is 0 Å². The molecule has 1 aromatic carbocycles. The molecule has 9 heteroatoms. The van der Waals surface area contributed by atoms with Crippen molar-refractivity contribution in [3.05, 3.63) is 36.3 Å². The summed E-state index contributed by atoms with van der Waals surface area (Å²) < 4.78 is 19.4. The first-order valence-electron chi connectivity index (χ1n) is 6.53. The third kappa shape index (κ3) is 3.12. The Morgan fingerprint density at radius 2 is 2.22 bits per heavy atom. The molecule has 8 nitrogen and oxygen atoms in total. The van der Waals surface area contributed by atoms with Crippen LogP contribution in [0.1, 0.15) is 0 Å². The van der Waals surface area contributed by atoms with E-state index in [-0.39, 0.29) is 29.6 Å². The number of carbonyl (C=O) groups excluding carboxylic acids is 1. The van der Waals surface area contributed by atoms with Crippen molar-refractivity contribution in [2.45, 2.75) is 0 Å². The molecule has 2 aromatic rings. The minimum atomic E-state index is -1.37. The van der Waals surface area contributed by atoms with E-state index in [1.54, 1.807) is 0 Å². The molecule has 1 aliphatic rings. The van der Waals surface area contributed by atoms with E-state index in [4.69, 9.17) is 9.84 Å². The van der Waals surface area contributed by atoms with Crippen LogP contribution in [0.3, 0.4) is 0 Å². The van der Waals surface area contributed by atoms with Gasteiger partial charge >= 0.3 is 6.09 Å². The Morgan fingerprint density at radius 3 is 2.96 bits per heavy atom. The Balaban J connectivity index is 1.87. The second-order valence-corrected chi connectivity index (χ2v) is 4.61. The van der Waals surface area contributed by atoms with Gasteiger partial charge in [-0.05, 0) is 12.1 Å². The molecule has 0 atom stereocenters. The molecule has 1 aromatic heterocycles. The average Bonchev–Trinajstić information content (AvgIpc) is 2.50. The molecule has 2 amide bonds. The maximum absolute atomic E-state index is 13.8. The largest absolute Gasteiger partial charge is 0.465 e. The molecule has 118 valence electrons. The number of ether oxygens (including phenoxy) is 1. The van der Waals surface area contributed by atoms with E-state index in [1.165, 1.54) is 24.4 Å². The van der Waals surface area contributed by atoms with Crippen LogP contribution in [-0.4, -0.2) is 28.6 Å². The van der Waals surface area contributed by atoms with E-state index in [1.807, 2.05) is 5.32 Å². The lowest BCUT2D eigenvalue weighted by Crippen LogP contribution is -2.28. The SMILES string of the molecule is O=C(O)Nc1ccc(Oc2ccnc3c2NC(=O)CN3)cc1F. The van der Waals surface area contributed by atoms with Gasteiger partial charge in [0, 0.05) is 18.3 Å².